The van der Waals surface area contributed by atoms with E-state index in [1.54, 1.807) is 0 Å². The van der Waals surface area contributed by atoms with Crippen molar-refractivity contribution in [2.24, 2.45) is 0 Å². The number of hydrogen-bond donors (Lipinski definition) is 1. The van der Waals surface area contributed by atoms with Crippen molar-refractivity contribution in [1.29, 1.82) is 0 Å². The molecule has 0 spiro atoms. The largest absolute Gasteiger partial charge is 0.507 e. The molecule has 3 nitrogen and oxygen atoms in total. The van der Waals surface area contributed by atoms with Gasteiger partial charge in [-0.15, -0.1) is 0 Å². The lowest BCUT2D eigenvalue weighted by molar-refractivity contribution is 0.131. The van der Waals surface area contributed by atoms with Crippen LogP contribution >= 0.6 is 0 Å². The summed E-state index contributed by atoms with van der Waals surface area (Å²) in [6.07, 6.45) is 0. The molecule has 0 atom stereocenters. The van der Waals surface area contributed by atoms with Gasteiger partial charge in [-0.1, -0.05) is 60.6 Å². The minimum absolute atomic E-state index is 0.0546. The van der Waals surface area contributed by atoms with Gasteiger partial charge in [-0.05, 0) is 28.5 Å². The summed E-state index contributed by atoms with van der Waals surface area (Å²) in [6.45, 7) is 21.9. The van der Waals surface area contributed by atoms with Gasteiger partial charge >= 0.3 is 0 Å². The zero-order valence-electron chi connectivity index (χ0n) is 16.7. The molecule has 1 saturated heterocycles. The molecule has 0 amide bonds. The monoisotopic (exact) mass is 332 g/mol. The van der Waals surface area contributed by atoms with E-state index >= 15 is 0 Å². The number of phenols is 1. The number of aromatic hydroxyl groups is 1. The van der Waals surface area contributed by atoms with Crippen molar-refractivity contribution in [3.05, 3.63) is 28.8 Å². The van der Waals surface area contributed by atoms with E-state index in [-0.39, 0.29) is 10.8 Å². The van der Waals surface area contributed by atoms with Crippen LogP contribution < -0.4 is 0 Å². The van der Waals surface area contributed by atoms with Crippen LogP contribution in [0.5, 0.6) is 5.75 Å². The molecule has 1 aromatic rings. The minimum atomic E-state index is -0.0546. The van der Waals surface area contributed by atoms with E-state index in [1.165, 1.54) is 5.56 Å². The lowest BCUT2D eigenvalue weighted by Gasteiger charge is -2.35. The predicted molar refractivity (Wildman–Crippen MR) is 103 cm³/mol. The Kier molecular flexibility index (Phi) is 5.66. The third-order valence-electron chi connectivity index (χ3n) is 5.17. The van der Waals surface area contributed by atoms with E-state index in [4.69, 9.17) is 0 Å². The van der Waals surface area contributed by atoms with E-state index in [0.717, 1.165) is 50.4 Å². The molecule has 1 aromatic carbocycles. The highest BCUT2D eigenvalue weighted by Crippen LogP contribution is 2.38. The SMILES string of the molecule is CCN1CCN(Cc2cc(C(C)(C)C)cc(C(C)(C)C)c2O)CC1. The van der Waals surface area contributed by atoms with Gasteiger partial charge in [-0.3, -0.25) is 4.90 Å². The lowest BCUT2D eigenvalue weighted by atomic mass is 9.79. The van der Waals surface area contributed by atoms with Crippen molar-refractivity contribution in [3.63, 3.8) is 0 Å². The maximum absolute atomic E-state index is 10.9. The number of piperazine rings is 1. The Morgan fingerprint density at radius 3 is 1.88 bits per heavy atom. The zero-order valence-corrected chi connectivity index (χ0v) is 16.7. The fraction of sp³-hybridized carbons (Fsp3) is 0.714. The van der Waals surface area contributed by atoms with Gasteiger partial charge in [0.1, 0.15) is 5.75 Å². The van der Waals surface area contributed by atoms with E-state index in [2.05, 4.69) is 70.4 Å². The van der Waals surface area contributed by atoms with Gasteiger partial charge < -0.3 is 10.0 Å². The fourth-order valence-corrected chi connectivity index (χ4v) is 3.32. The van der Waals surface area contributed by atoms with Gasteiger partial charge in [0.2, 0.25) is 0 Å². The molecule has 0 bridgehead atoms. The molecule has 1 heterocycles. The molecule has 0 aromatic heterocycles. The highest BCUT2D eigenvalue weighted by molar-refractivity contribution is 5.48. The smallest absolute Gasteiger partial charge is 0.123 e. The summed E-state index contributed by atoms with van der Waals surface area (Å²) in [7, 11) is 0. The molecule has 1 fully saturated rings. The molecule has 1 aliphatic heterocycles. The molecule has 1 aliphatic rings. The maximum Gasteiger partial charge on any atom is 0.123 e. The Balaban J connectivity index is 2.31. The molecular formula is C21H36N2O. The van der Waals surface area contributed by atoms with Crippen LogP contribution in [0.1, 0.15) is 65.2 Å². The molecule has 1 N–H and O–H groups in total. The summed E-state index contributed by atoms with van der Waals surface area (Å²) in [5, 5.41) is 10.9. The third-order valence-corrected chi connectivity index (χ3v) is 5.17. The molecule has 0 aliphatic carbocycles. The number of phenolic OH excluding ortho intramolecular Hbond substituents is 1. The van der Waals surface area contributed by atoms with Crippen molar-refractivity contribution < 1.29 is 5.11 Å². The van der Waals surface area contributed by atoms with Gasteiger partial charge in [-0.25, -0.2) is 0 Å². The van der Waals surface area contributed by atoms with Gasteiger partial charge in [-0.2, -0.15) is 0 Å². The Hall–Kier alpha value is -1.06. The van der Waals surface area contributed by atoms with Crippen LogP contribution in [0.4, 0.5) is 0 Å². The van der Waals surface area contributed by atoms with Crippen molar-refractivity contribution in [3.8, 4) is 5.75 Å². The summed E-state index contributed by atoms with van der Waals surface area (Å²) in [5.74, 6) is 0.494. The van der Waals surface area contributed by atoms with Crippen LogP contribution in [-0.4, -0.2) is 47.6 Å². The first-order chi connectivity index (χ1) is 11.0. The number of likely N-dealkylation sites (N-methyl/N-ethyl adjacent to an activating group) is 1. The summed E-state index contributed by atoms with van der Waals surface area (Å²) in [5.41, 5.74) is 3.49. The summed E-state index contributed by atoms with van der Waals surface area (Å²) < 4.78 is 0. The standard InChI is InChI=1S/C21H36N2O/c1-8-22-9-11-23(12-10-22)15-16-13-17(20(2,3)4)14-18(19(16)24)21(5,6)7/h13-14,24H,8-12,15H2,1-7H3. The Labute approximate surface area is 148 Å². The van der Waals surface area contributed by atoms with Crippen molar-refractivity contribution in [2.75, 3.05) is 32.7 Å². The second-order valence-corrected chi connectivity index (χ2v) is 9.24. The van der Waals surface area contributed by atoms with Crippen LogP contribution in [-0.2, 0) is 17.4 Å². The first-order valence-corrected chi connectivity index (χ1v) is 9.34. The Morgan fingerprint density at radius 2 is 1.42 bits per heavy atom. The maximum atomic E-state index is 10.9. The van der Waals surface area contributed by atoms with Gasteiger partial charge in [0.25, 0.3) is 0 Å². The zero-order chi connectivity index (χ0) is 18.1. The highest BCUT2D eigenvalue weighted by Gasteiger charge is 2.26. The second kappa shape index (κ2) is 7.05. The average Bonchev–Trinajstić information content (AvgIpc) is 2.47. The van der Waals surface area contributed by atoms with Crippen LogP contribution in [0.3, 0.4) is 0 Å². The lowest BCUT2D eigenvalue weighted by Crippen LogP contribution is -2.45. The quantitative estimate of drug-likeness (QED) is 0.902. The molecular weight excluding hydrogens is 296 g/mol. The summed E-state index contributed by atoms with van der Waals surface area (Å²) in [6, 6.07) is 4.42. The number of benzene rings is 1. The first-order valence-electron chi connectivity index (χ1n) is 9.34. The van der Waals surface area contributed by atoms with Crippen molar-refractivity contribution in [2.45, 2.75) is 65.8 Å². The molecule has 2 rings (SSSR count). The summed E-state index contributed by atoms with van der Waals surface area (Å²) in [4.78, 5) is 4.96. The van der Waals surface area contributed by atoms with E-state index in [1.807, 2.05) is 0 Å². The van der Waals surface area contributed by atoms with Gasteiger partial charge in [0.05, 0.1) is 0 Å². The number of nitrogens with zero attached hydrogens (tertiary/aromatic N) is 2. The Bertz CT molecular complexity index is 558. The van der Waals surface area contributed by atoms with Crippen LogP contribution in [0.15, 0.2) is 12.1 Å². The first kappa shape index (κ1) is 19.3. The van der Waals surface area contributed by atoms with Crippen LogP contribution in [0.25, 0.3) is 0 Å². The van der Waals surface area contributed by atoms with Crippen molar-refractivity contribution >= 4 is 0 Å². The molecule has 0 radical (unpaired) electrons. The molecule has 0 unspecified atom stereocenters. The Morgan fingerprint density at radius 1 is 0.875 bits per heavy atom. The van der Waals surface area contributed by atoms with E-state index in [9.17, 15) is 5.11 Å². The predicted octanol–water partition coefficient (Wildman–Crippen LogP) is 4.12. The molecule has 0 saturated carbocycles. The molecule has 3 heteroatoms. The summed E-state index contributed by atoms with van der Waals surface area (Å²) >= 11 is 0. The van der Waals surface area contributed by atoms with Gasteiger partial charge in [0.15, 0.2) is 0 Å². The minimum Gasteiger partial charge on any atom is -0.507 e. The van der Waals surface area contributed by atoms with Crippen molar-refractivity contribution in [1.82, 2.24) is 9.80 Å². The molecule has 24 heavy (non-hydrogen) atoms. The van der Waals surface area contributed by atoms with E-state index in [0.29, 0.717) is 5.75 Å². The van der Waals surface area contributed by atoms with Gasteiger partial charge in [0, 0.05) is 38.3 Å². The second-order valence-electron chi connectivity index (χ2n) is 9.24. The average molecular weight is 333 g/mol. The van der Waals surface area contributed by atoms with Crippen LogP contribution in [0.2, 0.25) is 0 Å². The normalized spacial score (nSPS) is 18.1. The molecule has 136 valence electrons. The highest BCUT2D eigenvalue weighted by atomic mass is 16.3. The van der Waals surface area contributed by atoms with E-state index < -0.39 is 0 Å². The van der Waals surface area contributed by atoms with Crippen LogP contribution in [0, 0.1) is 0 Å². The number of hydrogen-bond acceptors (Lipinski definition) is 3. The topological polar surface area (TPSA) is 26.7 Å². The third kappa shape index (κ3) is 4.52. The fourth-order valence-electron chi connectivity index (χ4n) is 3.32. The number of rotatable bonds is 3.